The lowest BCUT2D eigenvalue weighted by Crippen LogP contribution is -2.50. The Labute approximate surface area is 168 Å². The summed E-state index contributed by atoms with van der Waals surface area (Å²) in [6.45, 7) is 0.873. The maximum atomic E-state index is 12.8. The number of nitrogens with zero attached hydrogens (tertiary/aromatic N) is 3. The highest BCUT2D eigenvalue weighted by atomic mass is 32.2. The van der Waals surface area contributed by atoms with Crippen molar-refractivity contribution in [1.82, 2.24) is 9.21 Å². The summed E-state index contributed by atoms with van der Waals surface area (Å²) in [7, 11) is -3.85. The van der Waals surface area contributed by atoms with E-state index in [9.17, 15) is 23.3 Å². The molecular weight excluding hydrogens is 394 g/mol. The minimum atomic E-state index is -3.85. The number of fused-ring (bicyclic) bond motifs is 1. The highest BCUT2D eigenvalue weighted by Gasteiger charge is 2.31. The number of nitro groups is 1. The minimum absolute atomic E-state index is 0.0907. The lowest BCUT2D eigenvalue weighted by molar-refractivity contribution is -0.385. The average molecular weight is 415 g/mol. The first-order valence-electron chi connectivity index (χ1n) is 9.52. The van der Waals surface area contributed by atoms with Crippen molar-refractivity contribution >= 4 is 21.6 Å². The summed E-state index contributed by atoms with van der Waals surface area (Å²) in [5, 5.41) is 10.9. The van der Waals surface area contributed by atoms with Gasteiger partial charge in [0.2, 0.25) is 10.0 Å². The molecule has 1 heterocycles. The summed E-state index contributed by atoms with van der Waals surface area (Å²) in [5.74, 6) is -0.0907. The fourth-order valence-electron chi connectivity index (χ4n) is 3.93. The summed E-state index contributed by atoms with van der Waals surface area (Å²) in [4.78, 5) is 24.7. The van der Waals surface area contributed by atoms with Crippen molar-refractivity contribution in [3.05, 3.63) is 69.3 Å². The summed E-state index contributed by atoms with van der Waals surface area (Å²) < 4.78 is 26.9. The average Bonchev–Trinajstić information content (AvgIpc) is 3.21. The fourth-order valence-corrected chi connectivity index (χ4v) is 5.39. The van der Waals surface area contributed by atoms with Crippen LogP contribution in [0.4, 0.5) is 5.69 Å². The van der Waals surface area contributed by atoms with Gasteiger partial charge in [-0.3, -0.25) is 14.9 Å². The maximum Gasteiger partial charge on any atom is 0.270 e. The van der Waals surface area contributed by atoms with Crippen LogP contribution in [0.1, 0.15) is 27.9 Å². The Morgan fingerprint density at radius 1 is 0.966 bits per heavy atom. The molecule has 1 fully saturated rings. The van der Waals surface area contributed by atoms with Gasteiger partial charge in [-0.1, -0.05) is 12.1 Å². The van der Waals surface area contributed by atoms with E-state index in [2.05, 4.69) is 0 Å². The standard InChI is InChI=1S/C20H21N3O5S/c24-20(17-8-7-15-3-1-4-16(15)13-17)21-9-11-22(12-10-21)29(27,28)19-6-2-5-18(14-19)23(25)26/h2,5-8,13-14H,1,3-4,9-12H2. The van der Waals surface area contributed by atoms with Crippen LogP contribution in [0, 0.1) is 10.1 Å². The first-order valence-corrected chi connectivity index (χ1v) is 11.0. The van der Waals surface area contributed by atoms with E-state index in [1.54, 1.807) is 4.90 Å². The Morgan fingerprint density at radius 3 is 2.41 bits per heavy atom. The van der Waals surface area contributed by atoms with Crippen LogP contribution < -0.4 is 0 Å². The second kappa shape index (κ2) is 7.57. The van der Waals surface area contributed by atoms with Gasteiger partial charge in [0.25, 0.3) is 11.6 Å². The Balaban J connectivity index is 1.45. The monoisotopic (exact) mass is 415 g/mol. The van der Waals surface area contributed by atoms with E-state index in [4.69, 9.17) is 0 Å². The van der Waals surface area contributed by atoms with Gasteiger partial charge in [-0.05, 0) is 48.6 Å². The third-order valence-electron chi connectivity index (χ3n) is 5.54. The van der Waals surface area contributed by atoms with E-state index in [1.165, 1.54) is 33.6 Å². The summed E-state index contributed by atoms with van der Waals surface area (Å²) in [6, 6.07) is 10.8. The van der Waals surface area contributed by atoms with Crippen LogP contribution in [0.3, 0.4) is 0 Å². The van der Waals surface area contributed by atoms with Crippen LogP contribution in [0.2, 0.25) is 0 Å². The highest BCUT2D eigenvalue weighted by Crippen LogP contribution is 2.25. The van der Waals surface area contributed by atoms with E-state index in [1.807, 2.05) is 18.2 Å². The molecule has 0 spiro atoms. The van der Waals surface area contributed by atoms with Gasteiger partial charge >= 0.3 is 0 Å². The molecule has 1 aliphatic heterocycles. The number of amides is 1. The van der Waals surface area contributed by atoms with Crippen molar-refractivity contribution < 1.29 is 18.1 Å². The SMILES string of the molecule is O=C(c1ccc2c(c1)CCC2)N1CCN(S(=O)(=O)c2cccc([N+](=O)[O-])c2)CC1. The number of benzene rings is 2. The number of rotatable bonds is 4. The number of nitro benzene ring substituents is 1. The Bertz CT molecular complexity index is 1080. The molecule has 2 aromatic rings. The number of hydrogen-bond acceptors (Lipinski definition) is 5. The Kier molecular flexibility index (Phi) is 5.10. The minimum Gasteiger partial charge on any atom is -0.336 e. The molecule has 1 amide bonds. The van der Waals surface area contributed by atoms with Crippen molar-refractivity contribution in [3.8, 4) is 0 Å². The van der Waals surface area contributed by atoms with E-state index in [0.717, 1.165) is 25.3 Å². The van der Waals surface area contributed by atoms with Crippen molar-refractivity contribution in [1.29, 1.82) is 0 Å². The number of piperazine rings is 1. The quantitative estimate of drug-likeness (QED) is 0.563. The van der Waals surface area contributed by atoms with Crippen LogP contribution in [0.15, 0.2) is 47.4 Å². The van der Waals surface area contributed by atoms with Gasteiger partial charge in [0.05, 0.1) is 9.82 Å². The second-order valence-corrected chi connectivity index (χ2v) is 9.23. The second-order valence-electron chi connectivity index (χ2n) is 7.29. The molecule has 0 atom stereocenters. The fraction of sp³-hybridized carbons (Fsp3) is 0.350. The lowest BCUT2D eigenvalue weighted by Gasteiger charge is -2.34. The largest absolute Gasteiger partial charge is 0.336 e. The zero-order chi connectivity index (χ0) is 20.6. The third-order valence-corrected chi connectivity index (χ3v) is 7.43. The van der Waals surface area contributed by atoms with Crippen molar-refractivity contribution in [2.45, 2.75) is 24.2 Å². The van der Waals surface area contributed by atoms with Crippen LogP contribution in [0.25, 0.3) is 0 Å². The molecule has 2 aliphatic rings. The Morgan fingerprint density at radius 2 is 1.69 bits per heavy atom. The summed E-state index contributed by atoms with van der Waals surface area (Å²) in [5.41, 5.74) is 2.90. The topological polar surface area (TPSA) is 101 Å². The molecule has 0 aromatic heterocycles. The number of non-ortho nitro benzene ring substituents is 1. The van der Waals surface area contributed by atoms with Crippen LogP contribution >= 0.6 is 0 Å². The van der Waals surface area contributed by atoms with Crippen LogP contribution in [-0.2, 0) is 22.9 Å². The van der Waals surface area contributed by atoms with Gasteiger partial charge in [0.1, 0.15) is 0 Å². The molecule has 2 aromatic carbocycles. The zero-order valence-electron chi connectivity index (χ0n) is 15.8. The van der Waals surface area contributed by atoms with Gasteiger partial charge in [0, 0.05) is 43.9 Å². The van der Waals surface area contributed by atoms with Gasteiger partial charge in [-0.25, -0.2) is 8.42 Å². The molecule has 0 saturated carbocycles. The van der Waals surface area contributed by atoms with E-state index in [-0.39, 0.29) is 42.7 Å². The molecule has 152 valence electrons. The van der Waals surface area contributed by atoms with Gasteiger partial charge in [-0.2, -0.15) is 4.31 Å². The number of sulfonamides is 1. The highest BCUT2D eigenvalue weighted by molar-refractivity contribution is 7.89. The molecule has 4 rings (SSSR count). The van der Waals surface area contributed by atoms with Gasteiger partial charge < -0.3 is 4.90 Å². The summed E-state index contributed by atoms with van der Waals surface area (Å²) >= 11 is 0. The predicted molar refractivity (Wildman–Crippen MR) is 106 cm³/mol. The first-order chi connectivity index (χ1) is 13.9. The number of carbonyl (C=O) groups excluding carboxylic acids is 1. The first kappa shape index (κ1) is 19.5. The molecule has 0 unspecified atom stereocenters. The molecule has 0 radical (unpaired) electrons. The molecule has 8 nitrogen and oxygen atoms in total. The number of hydrogen-bond donors (Lipinski definition) is 0. The summed E-state index contributed by atoms with van der Waals surface area (Å²) in [6.07, 6.45) is 3.16. The van der Waals surface area contributed by atoms with Crippen LogP contribution in [0.5, 0.6) is 0 Å². The normalized spacial score (nSPS) is 17.2. The molecule has 0 bridgehead atoms. The smallest absolute Gasteiger partial charge is 0.270 e. The van der Waals surface area contributed by atoms with E-state index >= 15 is 0 Å². The Hall–Kier alpha value is -2.78. The molecule has 1 aliphatic carbocycles. The van der Waals surface area contributed by atoms with E-state index < -0.39 is 14.9 Å². The number of carbonyl (C=O) groups is 1. The molecule has 9 heteroatoms. The third kappa shape index (κ3) is 3.75. The molecule has 0 N–H and O–H groups in total. The predicted octanol–water partition coefficient (Wildman–Crippen LogP) is 2.23. The zero-order valence-corrected chi connectivity index (χ0v) is 16.6. The molecular formula is C20H21N3O5S. The van der Waals surface area contributed by atoms with Gasteiger partial charge in [-0.15, -0.1) is 0 Å². The van der Waals surface area contributed by atoms with Crippen LogP contribution in [-0.4, -0.2) is 54.6 Å². The maximum absolute atomic E-state index is 12.8. The molecule has 29 heavy (non-hydrogen) atoms. The van der Waals surface area contributed by atoms with Crippen molar-refractivity contribution in [2.75, 3.05) is 26.2 Å². The van der Waals surface area contributed by atoms with Crippen molar-refractivity contribution in [3.63, 3.8) is 0 Å². The van der Waals surface area contributed by atoms with Crippen molar-refractivity contribution in [2.24, 2.45) is 0 Å². The lowest BCUT2D eigenvalue weighted by atomic mass is 10.1. The van der Waals surface area contributed by atoms with Gasteiger partial charge in [0.15, 0.2) is 0 Å². The number of aryl methyl sites for hydroxylation is 2. The van der Waals surface area contributed by atoms with E-state index in [0.29, 0.717) is 5.56 Å². The molecule has 1 saturated heterocycles.